The molecule has 0 radical (unpaired) electrons. The Hall–Kier alpha value is -3.12. The van der Waals surface area contributed by atoms with Crippen LogP contribution in [0.25, 0.3) is 10.4 Å². The van der Waals surface area contributed by atoms with Gasteiger partial charge in [-0.1, -0.05) is 60.5 Å². The van der Waals surface area contributed by atoms with Gasteiger partial charge < -0.3 is 19.9 Å². The molecule has 0 unspecified atom stereocenters. The molecule has 43 heavy (non-hydrogen) atoms. The predicted molar refractivity (Wildman–Crippen MR) is 167 cm³/mol. The summed E-state index contributed by atoms with van der Waals surface area (Å²) in [5.41, 5.74) is 2.33. The number of benzene rings is 2. The molecular weight excluding hydrogens is 612 g/mol. The number of ether oxygens (including phenoxy) is 2. The Morgan fingerprint density at radius 2 is 1.72 bits per heavy atom. The maximum atomic E-state index is 13.1. The summed E-state index contributed by atoms with van der Waals surface area (Å²) in [7, 11) is -3.40. The van der Waals surface area contributed by atoms with Crippen LogP contribution in [0.3, 0.4) is 0 Å². The maximum Gasteiger partial charge on any atom is 0.352 e. The van der Waals surface area contributed by atoms with Gasteiger partial charge in [-0.25, -0.2) is 22.3 Å². The molecule has 1 aliphatic heterocycles. The van der Waals surface area contributed by atoms with Crippen molar-refractivity contribution in [2.24, 2.45) is 0 Å². The van der Waals surface area contributed by atoms with Gasteiger partial charge in [0.15, 0.2) is 17.2 Å². The fraction of sp³-hybridized carbons (Fsp3) is 0.419. The molecule has 2 N–H and O–H groups in total. The Morgan fingerprint density at radius 3 is 2.42 bits per heavy atom. The van der Waals surface area contributed by atoms with Gasteiger partial charge in [0.05, 0.1) is 10.6 Å². The fourth-order valence-corrected chi connectivity index (χ4v) is 8.52. The number of hydrogen-bond acceptors (Lipinski definition) is 8. The molecule has 1 aromatic heterocycles. The SMILES string of the molecule is O=C(O)COc1c(C(=O)OC2CCCCC2)sc(-c2cccc(NC3CCN(S(=O)(=O)Cc4ccccc4)CC3)c2)c1Cl. The van der Waals surface area contributed by atoms with Crippen LogP contribution in [0, 0.1) is 0 Å². The molecule has 9 nitrogen and oxygen atoms in total. The third kappa shape index (κ3) is 8.08. The summed E-state index contributed by atoms with van der Waals surface area (Å²) in [4.78, 5) is 25.1. The van der Waals surface area contributed by atoms with Crippen LogP contribution >= 0.6 is 22.9 Å². The lowest BCUT2D eigenvalue weighted by Gasteiger charge is -2.32. The van der Waals surface area contributed by atoms with Gasteiger partial charge in [0.25, 0.3) is 0 Å². The monoisotopic (exact) mass is 646 g/mol. The maximum absolute atomic E-state index is 13.1. The van der Waals surface area contributed by atoms with Crippen molar-refractivity contribution in [1.82, 2.24) is 4.31 Å². The number of halogens is 1. The predicted octanol–water partition coefficient (Wildman–Crippen LogP) is 6.43. The van der Waals surface area contributed by atoms with Gasteiger partial charge in [-0.05, 0) is 61.8 Å². The van der Waals surface area contributed by atoms with Crippen molar-refractivity contribution in [3.63, 3.8) is 0 Å². The number of esters is 1. The lowest BCUT2D eigenvalue weighted by atomic mass is 9.98. The third-order valence-electron chi connectivity index (χ3n) is 7.70. The van der Waals surface area contributed by atoms with Crippen molar-refractivity contribution in [2.45, 2.75) is 62.8 Å². The van der Waals surface area contributed by atoms with Crippen LogP contribution in [-0.4, -0.2) is 61.6 Å². The molecule has 0 atom stereocenters. The van der Waals surface area contributed by atoms with Crippen molar-refractivity contribution in [2.75, 3.05) is 25.0 Å². The van der Waals surface area contributed by atoms with E-state index in [1.807, 2.05) is 54.6 Å². The fourth-order valence-electron chi connectivity index (χ4n) is 5.51. The molecule has 2 aromatic carbocycles. The summed E-state index contributed by atoms with van der Waals surface area (Å²) in [6, 6.07) is 16.8. The van der Waals surface area contributed by atoms with Crippen molar-refractivity contribution in [3.05, 3.63) is 70.1 Å². The second-order valence-corrected chi connectivity index (χ2v) is 14.3. The second-order valence-electron chi connectivity index (χ2n) is 10.9. The number of nitrogens with zero attached hydrogens (tertiary/aromatic N) is 1. The smallest absolute Gasteiger partial charge is 0.352 e. The lowest BCUT2D eigenvalue weighted by molar-refractivity contribution is -0.139. The van der Waals surface area contributed by atoms with Gasteiger partial charge >= 0.3 is 11.9 Å². The number of anilines is 1. The van der Waals surface area contributed by atoms with Gasteiger partial charge in [-0.15, -0.1) is 11.3 Å². The summed E-state index contributed by atoms with van der Waals surface area (Å²) >= 11 is 7.82. The molecule has 3 aromatic rings. The molecule has 230 valence electrons. The number of sulfonamides is 1. The highest BCUT2D eigenvalue weighted by Gasteiger charge is 2.30. The van der Waals surface area contributed by atoms with Gasteiger partial charge in [0, 0.05) is 24.8 Å². The number of carboxylic acid groups (broad SMARTS) is 1. The quantitative estimate of drug-likeness (QED) is 0.229. The first-order chi connectivity index (χ1) is 20.7. The molecule has 1 saturated carbocycles. The lowest BCUT2D eigenvalue weighted by Crippen LogP contribution is -2.42. The highest BCUT2D eigenvalue weighted by molar-refractivity contribution is 7.88. The normalized spacial score (nSPS) is 17.0. The Bertz CT molecular complexity index is 1530. The minimum absolute atomic E-state index is 0.0100. The highest BCUT2D eigenvalue weighted by Crippen LogP contribution is 2.46. The molecule has 12 heteroatoms. The zero-order valence-electron chi connectivity index (χ0n) is 23.7. The van der Waals surface area contributed by atoms with Crippen LogP contribution in [0.2, 0.25) is 5.02 Å². The van der Waals surface area contributed by atoms with E-state index in [9.17, 15) is 23.1 Å². The number of carbonyl (C=O) groups is 2. The third-order valence-corrected chi connectivity index (χ3v) is 11.2. The van der Waals surface area contributed by atoms with E-state index in [2.05, 4.69) is 5.32 Å². The first-order valence-corrected chi connectivity index (χ1v) is 17.3. The zero-order chi connectivity index (χ0) is 30.4. The average Bonchev–Trinajstić information content (AvgIpc) is 3.33. The number of piperidine rings is 1. The number of aliphatic carboxylic acids is 1. The Labute approximate surface area is 260 Å². The van der Waals surface area contributed by atoms with E-state index in [0.29, 0.717) is 30.8 Å². The zero-order valence-corrected chi connectivity index (χ0v) is 26.1. The van der Waals surface area contributed by atoms with E-state index in [1.165, 1.54) is 0 Å². The summed E-state index contributed by atoms with van der Waals surface area (Å²) < 4.78 is 38.7. The standard InChI is InChI=1S/C31H35ClN2O7S2/c32-27-28(40-19-26(35)36)30(31(37)41-25-12-5-2-6-13-25)42-29(27)22-10-7-11-24(18-22)33-23-14-16-34(17-15-23)43(38,39)20-21-8-3-1-4-9-21/h1,3-4,7-11,18,23,25,33H,2,5-6,12-17,19-20H2,(H,35,36). The molecule has 0 spiro atoms. The number of nitrogens with one attached hydrogen (secondary N) is 1. The van der Waals surface area contributed by atoms with E-state index >= 15 is 0 Å². The largest absolute Gasteiger partial charge is 0.479 e. The van der Waals surface area contributed by atoms with Crippen LogP contribution in [-0.2, 0) is 25.3 Å². The van der Waals surface area contributed by atoms with Gasteiger partial charge in [-0.3, -0.25) is 0 Å². The molecule has 2 aliphatic rings. The van der Waals surface area contributed by atoms with E-state index in [0.717, 1.165) is 60.3 Å². The summed E-state index contributed by atoms with van der Waals surface area (Å²) in [6.45, 7) is 0.223. The van der Waals surface area contributed by atoms with Gasteiger partial charge in [0.1, 0.15) is 11.1 Å². The highest BCUT2D eigenvalue weighted by atomic mass is 35.5. The van der Waals surface area contributed by atoms with E-state index < -0.39 is 28.6 Å². The van der Waals surface area contributed by atoms with Crippen molar-refractivity contribution in [1.29, 1.82) is 0 Å². The Kier molecular flexibility index (Phi) is 10.3. The molecule has 1 aliphatic carbocycles. The van der Waals surface area contributed by atoms with E-state index in [-0.39, 0.29) is 33.5 Å². The first kappa shape index (κ1) is 31.3. The molecule has 1 saturated heterocycles. The van der Waals surface area contributed by atoms with Crippen LogP contribution in [0.15, 0.2) is 54.6 Å². The summed E-state index contributed by atoms with van der Waals surface area (Å²) in [5, 5.41) is 12.8. The topological polar surface area (TPSA) is 122 Å². The Balaban J connectivity index is 1.27. The molecular formula is C31H35ClN2O7S2. The van der Waals surface area contributed by atoms with Crippen LogP contribution in [0.4, 0.5) is 5.69 Å². The van der Waals surface area contributed by atoms with Crippen molar-refractivity contribution in [3.8, 4) is 16.2 Å². The first-order valence-electron chi connectivity index (χ1n) is 14.5. The van der Waals surface area contributed by atoms with Crippen LogP contribution in [0.1, 0.15) is 60.2 Å². The van der Waals surface area contributed by atoms with E-state index in [1.54, 1.807) is 4.31 Å². The number of carbonyl (C=O) groups excluding carboxylic acids is 1. The van der Waals surface area contributed by atoms with E-state index in [4.69, 9.17) is 21.1 Å². The Morgan fingerprint density at radius 1 is 1.00 bits per heavy atom. The van der Waals surface area contributed by atoms with Crippen molar-refractivity contribution >= 4 is 50.6 Å². The molecule has 2 fully saturated rings. The summed E-state index contributed by atoms with van der Waals surface area (Å²) in [6.07, 6.45) is 5.85. The molecule has 0 amide bonds. The van der Waals surface area contributed by atoms with Crippen LogP contribution in [0.5, 0.6) is 5.75 Å². The number of rotatable bonds is 11. The summed E-state index contributed by atoms with van der Waals surface area (Å²) in [5.74, 6) is -1.73. The van der Waals surface area contributed by atoms with Gasteiger partial charge in [0.2, 0.25) is 10.0 Å². The second kappa shape index (κ2) is 14.1. The minimum Gasteiger partial charge on any atom is -0.479 e. The number of hydrogen-bond donors (Lipinski definition) is 2. The molecule has 0 bridgehead atoms. The number of thiophene rings is 1. The molecule has 5 rings (SSSR count). The van der Waals surface area contributed by atoms with Gasteiger partial charge in [-0.2, -0.15) is 0 Å². The average molecular weight is 647 g/mol. The number of carboxylic acids is 1. The molecule has 2 heterocycles. The van der Waals surface area contributed by atoms with Crippen molar-refractivity contribution < 1.29 is 32.6 Å². The van der Waals surface area contributed by atoms with Crippen LogP contribution < -0.4 is 10.1 Å². The minimum atomic E-state index is -3.40.